The molecule has 0 fully saturated rings. The molecule has 1 aromatic carbocycles. The Morgan fingerprint density at radius 2 is 1.82 bits per heavy atom. The monoisotopic (exact) mass is 245 g/mol. The highest BCUT2D eigenvalue weighted by atomic mass is 32.2. The molecule has 0 saturated carbocycles. The molecule has 0 bridgehead atoms. The van der Waals surface area contributed by atoms with Crippen LogP contribution in [0.4, 0.5) is 0 Å². The van der Waals surface area contributed by atoms with Crippen LogP contribution < -0.4 is 5.46 Å². The second-order valence-corrected chi connectivity index (χ2v) is 4.52. The van der Waals surface area contributed by atoms with E-state index >= 15 is 0 Å². The standard InChI is InChI=1S/C12H12BNO2S/c15-13(16)11-6-2-1-5-10(11)9-17-12-7-3-4-8-14-12/h1-8,15-16H,9H2. The van der Waals surface area contributed by atoms with Gasteiger partial charge in [-0.3, -0.25) is 0 Å². The molecule has 2 aromatic rings. The Morgan fingerprint density at radius 3 is 2.53 bits per heavy atom. The number of hydrogen-bond donors (Lipinski definition) is 2. The summed E-state index contributed by atoms with van der Waals surface area (Å²) in [6.07, 6.45) is 1.75. The summed E-state index contributed by atoms with van der Waals surface area (Å²) in [4.78, 5) is 4.21. The first kappa shape index (κ1) is 12.2. The van der Waals surface area contributed by atoms with E-state index in [-0.39, 0.29) is 0 Å². The van der Waals surface area contributed by atoms with Crippen molar-refractivity contribution < 1.29 is 10.0 Å². The summed E-state index contributed by atoms with van der Waals surface area (Å²) >= 11 is 1.57. The van der Waals surface area contributed by atoms with Crippen LogP contribution in [0, 0.1) is 0 Å². The predicted molar refractivity (Wildman–Crippen MR) is 70.1 cm³/mol. The number of nitrogens with zero attached hydrogens (tertiary/aromatic N) is 1. The first-order valence-corrected chi connectivity index (χ1v) is 6.23. The van der Waals surface area contributed by atoms with Crippen molar-refractivity contribution in [3.8, 4) is 0 Å². The third-order valence-electron chi connectivity index (χ3n) is 2.35. The van der Waals surface area contributed by atoms with Crippen molar-refractivity contribution in [3.63, 3.8) is 0 Å². The zero-order valence-electron chi connectivity index (χ0n) is 9.15. The highest BCUT2D eigenvalue weighted by Gasteiger charge is 2.14. The van der Waals surface area contributed by atoms with Gasteiger partial charge in [-0.05, 0) is 23.2 Å². The molecule has 0 radical (unpaired) electrons. The lowest BCUT2D eigenvalue weighted by Gasteiger charge is -2.07. The van der Waals surface area contributed by atoms with Crippen LogP contribution in [0.15, 0.2) is 53.7 Å². The summed E-state index contributed by atoms with van der Waals surface area (Å²) in [5.74, 6) is 0.671. The molecule has 1 aromatic heterocycles. The van der Waals surface area contributed by atoms with Gasteiger partial charge in [0.2, 0.25) is 0 Å². The minimum absolute atomic E-state index is 0.552. The number of thioether (sulfide) groups is 1. The molecule has 0 amide bonds. The number of pyridine rings is 1. The van der Waals surface area contributed by atoms with Gasteiger partial charge < -0.3 is 10.0 Å². The molecule has 0 spiro atoms. The average Bonchev–Trinajstić information content (AvgIpc) is 2.38. The molecule has 0 aliphatic rings. The number of hydrogen-bond acceptors (Lipinski definition) is 4. The lowest BCUT2D eigenvalue weighted by Crippen LogP contribution is -2.32. The Labute approximate surface area is 105 Å². The van der Waals surface area contributed by atoms with E-state index in [0.717, 1.165) is 10.6 Å². The quantitative estimate of drug-likeness (QED) is 0.624. The van der Waals surface area contributed by atoms with E-state index in [2.05, 4.69) is 4.98 Å². The largest absolute Gasteiger partial charge is 0.488 e. The fourth-order valence-electron chi connectivity index (χ4n) is 1.50. The molecule has 2 N–H and O–H groups in total. The normalized spacial score (nSPS) is 10.2. The van der Waals surface area contributed by atoms with Gasteiger partial charge >= 0.3 is 7.12 Å². The number of aromatic nitrogens is 1. The summed E-state index contributed by atoms with van der Waals surface area (Å²) in [5, 5.41) is 19.4. The number of benzene rings is 1. The van der Waals surface area contributed by atoms with Crippen LogP contribution in [0.1, 0.15) is 5.56 Å². The molecule has 86 valence electrons. The highest BCUT2D eigenvalue weighted by Crippen LogP contribution is 2.19. The van der Waals surface area contributed by atoms with Crippen LogP contribution >= 0.6 is 11.8 Å². The Hall–Kier alpha value is -1.30. The molecule has 3 nitrogen and oxygen atoms in total. The molecular formula is C12H12BNO2S. The topological polar surface area (TPSA) is 53.4 Å². The van der Waals surface area contributed by atoms with E-state index in [1.807, 2.05) is 30.3 Å². The second-order valence-electron chi connectivity index (χ2n) is 3.53. The Bertz CT molecular complexity index is 479. The van der Waals surface area contributed by atoms with Crippen molar-refractivity contribution in [1.29, 1.82) is 0 Å². The minimum atomic E-state index is -1.42. The second kappa shape index (κ2) is 5.86. The van der Waals surface area contributed by atoms with Gasteiger partial charge in [0.1, 0.15) is 0 Å². The maximum absolute atomic E-state index is 9.23. The Morgan fingerprint density at radius 1 is 1.06 bits per heavy atom. The smallest absolute Gasteiger partial charge is 0.423 e. The third-order valence-corrected chi connectivity index (χ3v) is 3.34. The van der Waals surface area contributed by atoms with E-state index < -0.39 is 7.12 Å². The molecule has 17 heavy (non-hydrogen) atoms. The maximum Gasteiger partial charge on any atom is 0.488 e. The van der Waals surface area contributed by atoms with E-state index in [4.69, 9.17) is 0 Å². The summed E-state index contributed by atoms with van der Waals surface area (Å²) in [5.41, 5.74) is 1.47. The zero-order chi connectivity index (χ0) is 12.1. The fourth-order valence-corrected chi connectivity index (χ4v) is 2.38. The van der Waals surface area contributed by atoms with Crippen molar-refractivity contribution >= 4 is 24.3 Å². The summed E-state index contributed by atoms with van der Waals surface area (Å²) in [7, 11) is -1.42. The van der Waals surface area contributed by atoms with E-state index in [1.54, 1.807) is 30.1 Å². The van der Waals surface area contributed by atoms with Crippen LogP contribution in [0.3, 0.4) is 0 Å². The third kappa shape index (κ3) is 3.33. The summed E-state index contributed by atoms with van der Waals surface area (Å²) in [6.45, 7) is 0. The van der Waals surface area contributed by atoms with Crippen molar-refractivity contribution in [1.82, 2.24) is 4.98 Å². The molecule has 0 aliphatic carbocycles. The first-order chi connectivity index (χ1) is 8.27. The van der Waals surface area contributed by atoms with Crippen molar-refractivity contribution in [2.75, 3.05) is 0 Å². The summed E-state index contributed by atoms with van der Waals surface area (Å²) < 4.78 is 0. The molecule has 0 aliphatic heterocycles. The van der Waals surface area contributed by atoms with Gasteiger partial charge in [-0.1, -0.05) is 30.3 Å². The van der Waals surface area contributed by atoms with Crippen LogP contribution in [0.25, 0.3) is 0 Å². The molecular weight excluding hydrogens is 233 g/mol. The van der Waals surface area contributed by atoms with Crippen molar-refractivity contribution in [2.45, 2.75) is 10.8 Å². The van der Waals surface area contributed by atoms with Gasteiger partial charge in [0.25, 0.3) is 0 Å². The van der Waals surface area contributed by atoms with Crippen LogP contribution in [0.5, 0.6) is 0 Å². The van der Waals surface area contributed by atoms with Gasteiger partial charge in [0, 0.05) is 11.9 Å². The van der Waals surface area contributed by atoms with Gasteiger partial charge in [-0.2, -0.15) is 0 Å². The first-order valence-electron chi connectivity index (χ1n) is 5.25. The predicted octanol–water partition coefficient (Wildman–Crippen LogP) is 1.05. The van der Waals surface area contributed by atoms with E-state index in [9.17, 15) is 10.0 Å². The average molecular weight is 245 g/mol. The molecule has 5 heteroatoms. The van der Waals surface area contributed by atoms with Gasteiger partial charge in [-0.15, -0.1) is 11.8 Å². The van der Waals surface area contributed by atoms with E-state index in [0.29, 0.717) is 11.2 Å². The summed E-state index contributed by atoms with van der Waals surface area (Å²) in [6, 6.07) is 13.0. The van der Waals surface area contributed by atoms with Crippen molar-refractivity contribution in [3.05, 3.63) is 54.2 Å². The van der Waals surface area contributed by atoms with Gasteiger partial charge in [0.05, 0.1) is 5.03 Å². The molecule has 1 heterocycles. The van der Waals surface area contributed by atoms with E-state index in [1.165, 1.54) is 0 Å². The van der Waals surface area contributed by atoms with Crippen LogP contribution in [0.2, 0.25) is 0 Å². The Balaban J connectivity index is 2.09. The minimum Gasteiger partial charge on any atom is -0.423 e. The molecule has 2 rings (SSSR count). The van der Waals surface area contributed by atoms with Gasteiger partial charge in [0.15, 0.2) is 0 Å². The van der Waals surface area contributed by atoms with Gasteiger partial charge in [-0.25, -0.2) is 4.98 Å². The molecule has 0 atom stereocenters. The van der Waals surface area contributed by atoms with Crippen molar-refractivity contribution in [2.24, 2.45) is 0 Å². The van der Waals surface area contributed by atoms with Crippen LogP contribution in [-0.2, 0) is 5.75 Å². The zero-order valence-corrected chi connectivity index (χ0v) is 9.97. The molecule has 0 saturated heterocycles. The number of rotatable bonds is 4. The Kier molecular flexibility index (Phi) is 4.20. The SMILES string of the molecule is OB(O)c1ccccc1CSc1ccccn1. The highest BCUT2D eigenvalue weighted by molar-refractivity contribution is 7.98. The lowest BCUT2D eigenvalue weighted by atomic mass is 9.77. The fraction of sp³-hybridized carbons (Fsp3) is 0.0833. The lowest BCUT2D eigenvalue weighted by molar-refractivity contribution is 0.425. The maximum atomic E-state index is 9.23. The van der Waals surface area contributed by atoms with Crippen LogP contribution in [-0.4, -0.2) is 22.2 Å². The molecule has 0 unspecified atom stereocenters.